The van der Waals surface area contributed by atoms with E-state index in [2.05, 4.69) is 10.4 Å². The van der Waals surface area contributed by atoms with E-state index in [1.165, 1.54) is 11.1 Å². The van der Waals surface area contributed by atoms with Crippen molar-refractivity contribution in [3.63, 3.8) is 0 Å². The topological polar surface area (TPSA) is 61.8 Å². The smallest absolute Gasteiger partial charge is 0.267 e. The molecule has 0 radical (unpaired) electrons. The van der Waals surface area contributed by atoms with E-state index in [9.17, 15) is 14.0 Å². The Labute approximate surface area is 156 Å². The molecule has 2 aromatic carbocycles. The summed E-state index contributed by atoms with van der Waals surface area (Å²) in [5.41, 5.74) is 2.80. The fourth-order valence-electron chi connectivity index (χ4n) is 3.65. The fourth-order valence-corrected chi connectivity index (χ4v) is 3.65. The highest BCUT2D eigenvalue weighted by Crippen LogP contribution is 2.32. The molecule has 1 unspecified atom stereocenters. The minimum Gasteiger partial charge on any atom is -0.344 e. The van der Waals surface area contributed by atoms with Gasteiger partial charge in [0, 0.05) is 12.8 Å². The van der Waals surface area contributed by atoms with Gasteiger partial charge in [0.15, 0.2) is 0 Å². The average Bonchev–Trinajstić information content (AvgIpc) is 3.08. The normalized spacial score (nSPS) is 18.9. The zero-order valence-electron chi connectivity index (χ0n) is 14.8. The molecule has 5 nitrogen and oxygen atoms in total. The summed E-state index contributed by atoms with van der Waals surface area (Å²) in [6.07, 6.45) is 1.85. The first-order chi connectivity index (χ1) is 13.1. The molecule has 0 saturated heterocycles. The van der Waals surface area contributed by atoms with Crippen molar-refractivity contribution in [3.05, 3.63) is 71.0 Å². The highest BCUT2D eigenvalue weighted by Gasteiger charge is 2.29. The molecule has 0 fully saturated rings. The zero-order chi connectivity index (χ0) is 18.8. The summed E-state index contributed by atoms with van der Waals surface area (Å²) in [7, 11) is 0. The molecule has 1 N–H and O–H groups in total. The van der Waals surface area contributed by atoms with Crippen LogP contribution in [0.3, 0.4) is 0 Å². The summed E-state index contributed by atoms with van der Waals surface area (Å²) in [6.45, 7) is 0.341. The largest absolute Gasteiger partial charge is 0.344 e. The van der Waals surface area contributed by atoms with E-state index in [0.29, 0.717) is 37.1 Å². The Balaban J connectivity index is 1.48. The lowest BCUT2D eigenvalue weighted by Crippen LogP contribution is -2.39. The van der Waals surface area contributed by atoms with Crippen LogP contribution < -0.4 is 5.32 Å². The standard InChI is InChI=1S/C21H20FN3O2/c22-17-8-4-7-16-15(17)9-10-18(16)23-21(27)19-11-12-20(26)25(24-19)13-14-5-2-1-3-6-14/h1-8,18H,9-13H2,(H,23,27). The number of benzene rings is 2. The molecule has 0 saturated carbocycles. The average molecular weight is 365 g/mol. The molecule has 1 aliphatic carbocycles. The van der Waals surface area contributed by atoms with E-state index >= 15 is 0 Å². The molecule has 138 valence electrons. The van der Waals surface area contributed by atoms with Gasteiger partial charge >= 0.3 is 0 Å². The number of carbonyl (C=O) groups excluding carboxylic acids is 2. The van der Waals surface area contributed by atoms with E-state index in [-0.39, 0.29) is 30.1 Å². The number of rotatable bonds is 4. The molecule has 4 rings (SSSR count). The molecule has 1 heterocycles. The van der Waals surface area contributed by atoms with Crippen LogP contribution in [0.4, 0.5) is 4.39 Å². The van der Waals surface area contributed by atoms with Crippen LogP contribution in [0.5, 0.6) is 0 Å². The van der Waals surface area contributed by atoms with Gasteiger partial charge in [-0.3, -0.25) is 9.59 Å². The van der Waals surface area contributed by atoms with Gasteiger partial charge < -0.3 is 5.32 Å². The monoisotopic (exact) mass is 365 g/mol. The fraction of sp³-hybridized carbons (Fsp3) is 0.286. The lowest BCUT2D eigenvalue weighted by atomic mass is 10.1. The van der Waals surface area contributed by atoms with E-state index < -0.39 is 0 Å². The molecule has 1 atom stereocenters. The van der Waals surface area contributed by atoms with Gasteiger partial charge in [0.2, 0.25) is 5.91 Å². The molecule has 2 aromatic rings. The Morgan fingerprint density at radius 3 is 2.74 bits per heavy atom. The molecule has 2 aliphatic rings. The van der Waals surface area contributed by atoms with Crippen LogP contribution in [0.2, 0.25) is 0 Å². The molecule has 1 aliphatic heterocycles. The van der Waals surface area contributed by atoms with E-state index in [1.807, 2.05) is 36.4 Å². The molecule has 0 aromatic heterocycles. The van der Waals surface area contributed by atoms with Gasteiger partial charge in [-0.15, -0.1) is 0 Å². The van der Waals surface area contributed by atoms with Gasteiger partial charge in [0.1, 0.15) is 11.5 Å². The van der Waals surface area contributed by atoms with Crippen molar-refractivity contribution < 1.29 is 14.0 Å². The third kappa shape index (κ3) is 3.60. The van der Waals surface area contributed by atoms with Gasteiger partial charge in [-0.1, -0.05) is 42.5 Å². The number of nitrogens with zero attached hydrogens (tertiary/aromatic N) is 2. The maximum absolute atomic E-state index is 13.9. The van der Waals surface area contributed by atoms with Crippen LogP contribution in [0.1, 0.15) is 42.0 Å². The quantitative estimate of drug-likeness (QED) is 0.905. The van der Waals surface area contributed by atoms with Crippen molar-refractivity contribution in [1.82, 2.24) is 10.3 Å². The molecule has 0 spiro atoms. The van der Waals surface area contributed by atoms with Crippen LogP contribution in [-0.2, 0) is 22.6 Å². The van der Waals surface area contributed by atoms with E-state index in [0.717, 1.165) is 11.1 Å². The maximum atomic E-state index is 13.9. The first kappa shape index (κ1) is 17.4. The van der Waals surface area contributed by atoms with Crippen LogP contribution in [0.15, 0.2) is 53.6 Å². The number of amides is 2. The first-order valence-electron chi connectivity index (χ1n) is 9.12. The number of hydrazone groups is 1. The number of hydrogen-bond donors (Lipinski definition) is 1. The van der Waals surface area contributed by atoms with Crippen LogP contribution in [0, 0.1) is 5.82 Å². The predicted octanol–water partition coefficient (Wildman–Crippen LogP) is 3.11. The number of nitrogens with one attached hydrogen (secondary N) is 1. The molecule has 2 amide bonds. The summed E-state index contributed by atoms with van der Waals surface area (Å²) < 4.78 is 13.9. The number of hydrogen-bond acceptors (Lipinski definition) is 3. The van der Waals surface area contributed by atoms with E-state index in [1.54, 1.807) is 6.07 Å². The molecule has 0 bridgehead atoms. The Morgan fingerprint density at radius 2 is 1.93 bits per heavy atom. The second-order valence-electron chi connectivity index (χ2n) is 6.86. The van der Waals surface area contributed by atoms with E-state index in [4.69, 9.17) is 0 Å². The summed E-state index contributed by atoms with van der Waals surface area (Å²) in [6, 6.07) is 14.3. The molecular formula is C21H20FN3O2. The highest BCUT2D eigenvalue weighted by atomic mass is 19.1. The van der Waals surface area contributed by atoms with Crippen molar-refractivity contribution in [2.45, 2.75) is 38.3 Å². The van der Waals surface area contributed by atoms with Crippen molar-refractivity contribution in [2.24, 2.45) is 5.10 Å². The number of halogens is 1. The van der Waals surface area contributed by atoms with Gasteiger partial charge in [-0.2, -0.15) is 5.10 Å². The van der Waals surface area contributed by atoms with Gasteiger partial charge in [0.25, 0.3) is 5.91 Å². The Hall–Kier alpha value is -3.02. The summed E-state index contributed by atoms with van der Waals surface area (Å²) in [5, 5.41) is 8.60. The lowest BCUT2D eigenvalue weighted by Gasteiger charge is -2.24. The summed E-state index contributed by atoms with van der Waals surface area (Å²) in [5.74, 6) is -0.606. The summed E-state index contributed by atoms with van der Waals surface area (Å²) >= 11 is 0. The number of fused-ring (bicyclic) bond motifs is 1. The lowest BCUT2D eigenvalue weighted by molar-refractivity contribution is -0.132. The van der Waals surface area contributed by atoms with Gasteiger partial charge in [-0.05, 0) is 35.6 Å². The van der Waals surface area contributed by atoms with Crippen molar-refractivity contribution in [2.75, 3.05) is 0 Å². The van der Waals surface area contributed by atoms with Gasteiger partial charge in [-0.25, -0.2) is 9.40 Å². The Kier molecular flexibility index (Phi) is 4.71. The third-order valence-electron chi connectivity index (χ3n) is 5.06. The van der Waals surface area contributed by atoms with Crippen LogP contribution in [-0.4, -0.2) is 22.5 Å². The molecule has 27 heavy (non-hydrogen) atoms. The van der Waals surface area contributed by atoms with Gasteiger partial charge in [0.05, 0.1) is 12.6 Å². The minimum absolute atomic E-state index is 0.0938. The Morgan fingerprint density at radius 1 is 1.11 bits per heavy atom. The van der Waals surface area contributed by atoms with Crippen LogP contribution >= 0.6 is 0 Å². The van der Waals surface area contributed by atoms with Crippen molar-refractivity contribution in [3.8, 4) is 0 Å². The first-order valence-corrected chi connectivity index (χ1v) is 9.12. The zero-order valence-corrected chi connectivity index (χ0v) is 14.8. The Bertz CT molecular complexity index is 911. The number of carbonyl (C=O) groups is 2. The second-order valence-corrected chi connectivity index (χ2v) is 6.86. The molecule has 6 heteroatoms. The second kappa shape index (κ2) is 7.31. The predicted molar refractivity (Wildman–Crippen MR) is 99.3 cm³/mol. The highest BCUT2D eigenvalue weighted by molar-refractivity contribution is 6.39. The summed E-state index contributed by atoms with van der Waals surface area (Å²) in [4.78, 5) is 24.8. The van der Waals surface area contributed by atoms with Crippen molar-refractivity contribution >= 4 is 17.5 Å². The minimum atomic E-state index is -0.289. The van der Waals surface area contributed by atoms with Crippen LogP contribution in [0.25, 0.3) is 0 Å². The third-order valence-corrected chi connectivity index (χ3v) is 5.06. The molecular weight excluding hydrogens is 345 g/mol. The SMILES string of the molecule is O=C(NC1CCc2c(F)cccc21)C1=NN(Cc2ccccc2)C(=O)CC1. The maximum Gasteiger partial charge on any atom is 0.267 e. The van der Waals surface area contributed by atoms with Crippen molar-refractivity contribution in [1.29, 1.82) is 0 Å².